The van der Waals surface area contributed by atoms with E-state index in [0.717, 1.165) is 34.6 Å². The van der Waals surface area contributed by atoms with Gasteiger partial charge in [-0.2, -0.15) is 5.10 Å². The van der Waals surface area contributed by atoms with E-state index < -0.39 is 6.23 Å². The molecule has 2 aliphatic rings. The van der Waals surface area contributed by atoms with E-state index in [-0.39, 0.29) is 6.04 Å². The molecule has 30 heavy (non-hydrogen) atoms. The fourth-order valence-corrected chi connectivity index (χ4v) is 4.59. The maximum Gasteiger partial charge on any atom is 0.213 e. The summed E-state index contributed by atoms with van der Waals surface area (Å²) in [4.78, 5) is 0. The topological polar surface area (TPSA) is 34.1 Å². The molecule has 0 saturated carbocycles. The van der Waals surface area contributed by atoms with Crippen molar-refractivity contribution in [1.29, 1.82) is 0 Å². The van der Waals surface area contributed by atoms with Crippen molar-refractivity contribution in [1.82, 2.24) is 5.01 Å². The molecule has 0 aliphatic carbocycles. The van der Waals surface area contributed by atoms with Crippen LogP contribution in [0.5, 0.6) is 11.5 Å². The van der Waals surface area contributed by atoms with Gasteiger partial charge in [-0.1, -0.05) is 53.5 Å². The van der Waals surface area contributed by atoms with E-state index in [1.54, 1.807) is 6.07 Å². The second-order valence-electron chi connectivity index (χ2n) is 7.29. The Bertz CT molecular complexity index is 1100. The van der Waals surface area contributed by atoms with Crippen molar-refractivity contribution in [3.8, 4) is 11.5 Å². The van der Waals surface area contributed by atoms with E-state index in [9.17, 15) is 0 Å². The molecule has 2 atom stereocenters. The van der Waals surface area contributed by atoms with Gasteiger partial charge in [0.1, 0.15) is 11.5 Å². The molecule has 0 bridgehead atoms. The number of halogens is 2. The molecule has 0 amide bonds. The Morgan fingerprint density at radius 2 is 1.83 bits per heavy atom. The molecule has 2 heterocycles. The monoisotopic (exact) mass is 438 g/mol. The van der Waals surface area contributed by atoms with E-state index >= 15 is 0 Å². The predicted molar refractivity (Wildman–Crippen MR) is 120 cm³/mol. The summed E-state index contributed by atoms with van der Waals surface area (Å²) in [6.07, 6.45) is 0.364. The number of hydrazone groups is 1. The molecule has 0 aromatic heterocycles. The van der Waals surface area contributed by atoms with E-state index in [2.05, 4.69) is 12.1 Å². The number of fused-ring (bicyclic) bond motifs is 3. The third kappa shape index (κ3) is 3.40. The molecule has 0 radical (unpaired) electrons. The van der Waals surface area contributed by atoms with Crippen molar-refractivity contribution in [3.63, 3.8) is 0 Å². The Morgan fingerprint density at radius 1 is 1.07 bits per heavy atom. The van der Waals surface area contributed by atoms with Crippen LogP contribution in [0.3, 0.4) is 0 Å². The summed E-state index contributed by atoms with van der Waals surface area (Å²) in [5.41, 5.74) is 4.07. The highest BCUT2D eigenvalue weighted by molar-refractivity contribution is 6.35. The van der Waals surface area contributed by atoms with Gasteiger partial charge in [0, 0.05) is 22.6 Å². The third-order valence-corrected chi connectivity index (χ3v) is 5.89. The van der Waals surface area contributed by atoms with Crippen molar-refractivity contribution >= 4 is 28.9 Å². The van der Waals surface area contributed by atoms with Crippen molar-refractivity contribution < 1.29 is 9.47 Å². The lowest BCUT2D eigenvalue weighted by atomic mass is 9.96. The average molecular weight is 439 g/mol. The summed E-state index contributed by atoms with van der Waals surface area (Å²) in [7, 11) is 0. The minimum Gasteiger partial charge on any atom is -0.494 e. The maximum absolute atomic E-state index is 6.53. The number of benzene rings is 3. The lowest BCUT2D eigenvalue weighted by molar-refractivity contribution is -0.0189. The van der Waals surface area contributed by atoms with Crippen LogP contribution in [0.25, 0.3) is 0 Å². The van der Waals surface area contributed by atoms with Crippen LogP contribution in [0.2, 0.25) is 10.0 Å². The molecule has 5 rings (SSSR count). The SMILES string of the molecule is CCOc1ccc([C@@H]2Oc3c(Cl)cc(Cl)cc3[C@H]3CC(c4ccccc4)=NN32)cc1. The average Bonchev–Trinajstić information content (AvgIpc) is 3.21. The zero-order chi connectivity index (χ0) is 20.7. The molecular formula is C24H20Cl2N2O2. The summed E-state index contributed by atoms with van der Waals surface area (Å²) < 4.78 is 12.0. The lowest BCUT2D eigenvalue weighted by Crippen LogP contribution is -2.33. The number of ether oxygens (including phenoxy) is 2. The second kappa shape index (κ2) is 7.86. The molecule has 2 aliphatic heterocycles. The molecule has 0 N–H and O–H groups in total. The molecule has 0 unspecified atom stereocenters. The van der Waals surface area contributed by atoms with E-state index in [0.29, 0.717) is 22.4 Å². The van der Waals surface area contributed by atoms with Gasteiger partial charge in [-0.3, -0.25) is 0 Å². The molecule has 4 nitrogen and oxygen atoms in total. The summed E-state index contributed by atoms with van der Waals surface area (Å²) in [6.45, 7) is 2.60. The molecule has 0 fully saturated rings. The predicted octanol–water partition coefficient (Wildman–Crippen LogP) is 6.63. The highest BCUT2D eigenvalue weighted by atomic mass is 35.5. The zero-order valence-electron chi connectivity index (χ0n) is 16.4. The number of nitrogens with zero attached hydrogens (tertiary/aromatic N) is 2. The summed E-state index contributed by atoms with van der Waals surface area (Å²) >= 11 is 12.8. The fraction of sp³-hybridized carbons (Fsp3) is 0.208. The normalized spacial score (nSPS) is 19.6. The molecule has 152 valence electrons. The van der Waals surface area contributed by atoms with Gasteiger partial charge in [-0.15, -0.1) is 0 Å². The van der Waals surface area contributed by atoms with Gasteiger partial charge in [-0.05, 0) is 48.9 Å². The van der Waals surface area contributed by atoms with Gasteiger partial charge in [0.25, 0.3) is 0 Å². The van der Waals surface area contributed by atoms with Gasteiger partial charge in [0.15, 0.2) is 0 Å². The number of hydrogen-bond donors (Lipinski definition) is 0. The molecule has 0 saturated heterocycles. The largest absolute Gasteiger partial charge is 0.494 e. The highest BCUT2D eigenvalue weighted by Crippen LogP contribution is 2.50. The Kier molecular flexibility index (Phi) is 5.05. The van der Waals surface area contributed by atoms with Crippen LogP contribution >= 0.6 is 23.2 Å². The van der Waals surface area contributed by atoms with Crippen LogP contribution in [0.15, 0.2) is 71.8 Å². The Balaban J connectivity index is 1.58. The minimum atomic E-state index is -0.391. The second-order valence-corrected chi connectivity index (χ2v) is 8.13. The molecule has 3 aromatic rings. The van der Waals surface area contributed by atoms with E-state index in [1.807, 2.05) is 60.5 Å². The Labute approximate surface area is 185 Å². The van der Waals surface area contributed by atoms with Gasteiger partial charge < -0.3 is 9.47 Å². The highest BCUT2D eigenvalue weighted by Gasteiger charge is 2.42. The number of hydrogen-bond acceptors (Lipinski definition) is 4. The molecule has 3 aromatic carbocycles. The first-order chi connectivity index (χ1) is 14.6. The van der Waals surface area contributed by atoms with Crippen molar-refractivity contribution in [2.45, 2.75) is 25.6 Å². The Hall–Kier alpha value is -2.69. The van der Waals surface area contributed by atoms with Crippen LogP contribution in [0.1, 0.15) is 42.3 Å². The standard InChI is InChI=1S/C24H20Cl2N2O2/c1-2-29-18-10-8-16(9-11-18)24-28-22(14-21(27-28)15-6-4-3-5-7-15)19-12-17(25)13-20(26)23(19)30-24/h3-13,22,24H,2,14H2,1H3/t22-,24+/m1/s1. The fourth-order valence-electron chi connectivity index (χ4n) is 4.03. The van der Waals surface area contributed by atoms with Crippen molar-refractivity contribution in [3.05, 3.63) is 93.5 Å². The first kappa shape index (κ1) is 19.3. The summed E-state index contributed by atoms with van der Waals surface area (Å²) in [5.74, 6) is 1.50. The van der Waals surface area contributed by atoms with Gasteiger partial charge in [-0.25, -0.2) is 5.01 Å². The lowest BCUT2D eigenvalue weighted by Gasteiger charge is -2.38. The molecule has 6 heteroatoms. The van der Waals surface area contributed by atoms with Crippen LogP contribution in [-0.2, 0) is 0 Å². The number of rotatable bonds is 4. The van der Waals surface area contributed by atoms with Gasteiger partial charge in [0.05, 0.1) is 23.4 Å². The van der Waals surface area contributed by atoms with E-state index in [1.165, 1.54) is 0 Å². The van der Waals surface area contributed by atoms with Crippen molar-refractivity contribution in [2.75, 3.05) is 6.61 Å². The zero-order valence-corrected chi connectivity index (χ0v) is 17.9. The summed E-state index contributed by atoms with van der Waals surface area (Å²) in [6, 6.07) is 21.8. The molecule has 0 spiro atoms. The maximum atomic E-state index is 6.53. The first-order valence-corrected chi connectivity index (χ1v) is 10.7. The van der Waals surface area contributed by atoms with Gasteiger partial charge in [0.2, 0.25) is 6.23 Å². The van der Waals surface area contributed by atoms with Crippen LogP contribution in [0, 0.1) is 0 Å². The molecular weight excluding hydrogens is 419 g/mol. The third-order valence-electron chi connectivity index (χ3n) is 5.39. The Morgan fingerprint density at radius 3 is 2.57 bits per heavy atom. The first-order valence-electron chi connectivity index (χ1n) is 9.93. The smallest absolute Gasteiger partial charge is 0.213 e. The van der Waals surface area contributed by atoms with E-state index in [4.69, 9.17) is 37.8 Å². The van der Waals surface area contributed by atoms with Gasteiger partial charge >= 0.3 is 0 Å². The minimum absolute atomic E-state index is 0.00303. The summed E-state index contributed by atoms with van der Waals surface area (Å²) in [5, 5.41) is 8.09. The quantitative estimate of drug-likeness (QED) is 0.457. The van der Waals surface area contributed by atoms with Crippen LogP contribution < -0.4 is 9.47 Å². The van der Waals surface area contributed by atoms with Crippen molar-refractivity contribution in [2.24, 2.45) is 5.10 Å². The van der Waals surface area contributed by atoms with Crippen LogP contribution in [0.4, 0.5) is 0 Å². The van der Waals surface area contributed by atoms with Crippen LogP contribution in [-0.4, -0.2) is 17.3 Å².